The van der Waals surface area contributed by atoms with E-state index >= 15 is 0 Å². The van der Waals surface area contributed by atoms with E-state index < -0.39 is 0 Å². The Morgan fingerprint density at radius 3 is 3.08 bits per heavy atom. The molecule has 1 aromatic rings. The molecular formula is C9H11BrN2O. The number of hydrogen-bond donors (Lipinski definition) is 1. The monoisotopic (exact) mass is 242 g/mol. The van der Waals surface area contributed by atoms with E-state index in [0.717, 1.165) is 29.8 Å². The first-order valence-electron chi connectivity index (χ1n) is 4.30. The standard InChI is InChI=1S/C9H11BrN2O/c10-9-5-7(1-3-11-9)12-4-2-8(13)6-12/h1,3,5,8,13H,2,4,6H2. The summed E-state index contributed by atoms with van der Waals surface area (Å²) in [7, 11) is 0. The zero-order valence-electron chi connectivity index (χ0n) is 7.15. The average Bonchev–Trinajstić information content (AvgIpc) is 2.52. The highest BCUT2D eigenvalue weighted by atomic mass is 79.9. The second-order valence-corrected chi connectivity index (χ2v) is 4.04. The molecular weight excluding hydrogens is 232 g/mol. The van der Waals surface area contributed by atoms with Crippen molar-refractivity contribution in [1.29, 1.82) is 0 Å². The van der Waals surface area contributed by atoms with Gasteiger partial charge < -0.3 is 10.0 Å². The number of halogens is 1. The minimum Gasteiger partial charge on any atom is -0.391 e. The molecule has 0 radical (unpaired) electrons. The van der Waals surface area contributed by atoms with Crippen LogP contribution in [0.4, 0.5) is 5.69 Å². The minimum atomic E-state index is -0.174. The first-order chi connectivity index (χ1) is 6.25. The Bertz CT molecular complexity index is 305. The Labute approximate surface area is 85.5 Å². The van der Waals surface area contributed by atoms with Crippen LogP contribution in [0.25, 0.3) is 0 Å². The molecule has 1 aliphatic heterocycles. The summed E-state index contributed by atoms with van der Waals surface area (Å²) in [6.07, 6.45) is 2.45. The van der Waals surface area contributed by atoms with E-state index in [1.165, 1.54) is 0 Å². The van der Waals surface area contributed by atoms with Gasteiger partial charge in [0.1, 0.15) is 4.60 Å². The summed E-state index contributed by atoms with van der Waals surface area (Å²) in [4.78, 5) is 6.22. The first-order valence-corrected chi connectivity index (χ1v) is 5.09. The van der Waals surface area contributed by atoms with Crippen LogP contribution < -0.4 is 4.90 Å². The number of aliphatic hydroxyl groups excluding tert-OH is 1. The van der Waals surface area contributed by atoms with Gasteiger partial charge in [-0.3, -0.25) is 0 Å². The average molecular weight is 243 g/mol. The maximum absolute atomic E-state index is 9.36. The fourth-order valence-corrected chi connectivity index (χ4v) is 1.92. The van der Waals surface area contributed by atoms with Crippen LogP contribution in [0.15, 0.2) is 22.9 Å². The Balaban J connectivity index is 2.16. The van der Waals surface area contributed by atoms with Crippen molar-refractivity contribution in [3.05, 3.63) is 22.9 Å². The lowest BCUT2D eigenvalue weighted by molar-refractivity contribution is 0.198. The van der Waals surface area contributed by atoms with Crippen molar-refractivity contribution in [1.82, 2.24) is 4.98 Å². The van der Waals surface area contributed by atoms with Gasteiger partial charge in [-0.1, -0.05) is 0 Å². The molecule has 3 nitrogen and oxygen atoms in total. The predicted molar refractivity (Wildman–Crippen MR) is 54.8 cm³/mol. The molecule has 0 saturated carbocycles. The van der Waals surface area contributed by atoms with Gasteiger partial charge in [0.2, 0.25) is 0 Å². The number of hydrogen-bond acceptors (Lipinski definition) is 3. The molecule has 1 atom stereocenters. The number of nitrogens with zero attached hydrogens (tertiary/aromatic N) is 2. The van der Waals surface area contributed by atoms with Gasteiger partial charge in [0.25, 0.3) is 0 Å². The van der Waals surface area contributed by atoms with Crippen LogP contribution >= 0.6 is 15.9 Å². The minimum absolute atomic E-state index is 0.174. The molecule has 0 aliphatic carbocycles. The zero-order valence-corrected chi connectivity index (χ0v) is 8.74. The molecule has 0 bridgehead atoms. The van der Waals surface area contributed by atoms with Crippen LogP contribution in [-0.2, 0) is 0 Å². The Kier molecular flexibility index (Phi) is 2.51. The summed E-state index contributed by atoms with van der Waals surface area (Å²) in [5, 5.41) is 9.36. The summed E-state index contributed by atoms with van der Waals surface area (Å²) in [5.74, 6) is 0. The molecule has 1 fully saturated rings. The molecule has 1 aromatic heterocycles. The molecule has 1 aliphatic rings. The zero-order chi connectivity index (χ0) is 9.26. The maximum atomic E-state index is 9.36. The molecule has 4 heteroatoms. The maximum Gasteiger partial charge on any atom is 0.108 e. The van der Waals surface area contributed by atoms with Gasteiger partial charge in [-0.15, -0.1) is 0 Å². The molecule has 1 saturated heterocycles. The molecule has 70 valence electrons. The molecule has 0 spiro atoms. The lowest BCUT2D eigenvalue weighted by Gasteiger charge is -2.17. The Morgan fingerprint density at radius 2 is 2.46 bits per heavy atom. The number of β-amino-alcohol motifs (C(OH)–C–C–N with tert-alkyl or cyclic N) is 1. The van der Waals surface area contributed by atoms with Crippen molar-refractivity contribution in [2.45, 2.75) is 12.5 Å². The largest absolute Gasteiger partial charge is 0.391 e. The highest BCUT2D eigenvalue weighted by molar-refractivity contribution is 9.10. The second-order valence-electron chi connectivity index (χ2n) is 3.23. The molecule has 2 heterocycles. The fraction of sp³-hybridized carbons (Fsp3) is 0.444. The van der Waals surface area contributed by atoms with Gasteiger partial charge in [0, 0.05) is 25.0 Å². The number of aliphatic hydroxyl groups is 1. The van der Waals surface area contributed by atoms with Crippen molar-refractivity contribution in [2.24, 2.45) is 0 Å². The van der Waals surface area contributed by atoms with E-state index in [1.807, 2.05) is 12.1 Å². The third-order valence-corrected chi connectivity index (χ3v) is 2.67. The van der Waals surface area contributed by atoms with Gasteiger partial charge in [-0.05, 0) is 34.5 Å². The summed E-state index contributed by atoms with van der Waals surface area (Å²) in [6.45, 7) is 1.66. The van der Waals surface area contributed by atoms with Gasteiger partial charge in [-0.25, -0.2) is 4.98 Å². The van der Waals surface area contributed by atoms with Gasteiger partial charge in [0.05, 0.1) is 6.10 Å². The van der Waals surface area contributed by atoms with Crippen molar-refractivity contribution in [3.63, 3.8) is 0 Å². The molecule has 1 unspecified atom stereocenters. The van der Waals surface area contributed by atoms with Crippen LogP contribution in [0.2, 0.25) is 0 Å². The SMILES string of the molecule is OC1CCN(c2ccnc(Br)c2)C1. The third kappa shape index (κ3) is 2.00. The summed E-state index contributed by atoms with van der Waals surface area (Å²) in [5.41, 5.74) is 1.12. The first kappa shape index (κ1) is 8.97. The van der Waals surface area contributed by atoms with Gasteiger partial charge in [-0.2, -0.15) is 0 Å². The second kappa shape index (κ2) is 3.64. The number of aromatic nitrogens is 1. The fourth-order valence-electron chi connectivity index (χ4n) is 1.57. The van der Waals surface area contributed by atoms with E-state index in [2.05, 4.69) is 25.8 Å². The van der Waals surface area contributed by atoms with Crippen LogP contribution in [0.5, 0.6) is 0 Å². The normalized spacial score (nSPS) is 22.3. The van der Waals surface area contributed by atoms with Gasteiger partial charge in [0.15, 0.2) is 0 Å². The highest BCUT2D eigenvalue weighted by Crippen LogP contribution is 2.21. The van der Waals surface area contributed by atoms with Crippen molar-refractivity contribution < 1.29 is 5.11 Å². The number of anilines is 1. The summed E-state index contributed by atoms with van der Waals surface area (Å²) in [6, 6.07) is 3.93. The lowest BCUT2D eigenvalue weighted by Crippen LogP contribution is -2.20. The third-order valence-electron chi connectivity index (χ3n) is 2.24. The highest BCUT2D eigenvalue weighted by Gasteiger charge is 2.20. The van der Waals surface area contributed by atoms with E-state index in [0.29, 0.717) is 0 Å². The smallest absolute Gasteiger partial charge is 0.108 e. The van der Waals surface area contributed by atoms with E-state index in [9.17, 15) is 5.11 Å². The van der Waals surface area contributed by atoms with Crippen LogP contribution in [0, 0.1) is 0 Å². The lowest BCUT2D eigenvalue weighted by atomic mass is 10.3. The van der Waals surface area contributed by atoms with Crippen LogP contribution in [0.3, 0.4) is 0 Å². The molecule has 13 heavy (non-hydrogen) atoms. The van der Waals surface area contributed by atoms with E-state index in [4.69, 9.17) is 0 Å². The summed E-state index contributed by atoms with van der Waals surface area (Å²) < 4.78 is 0.839. The van der Waals surface area contributed by atoms with Crippen molar-refractivity contribution in [2.75, 3.05) is 18.0 Å². The van der Waals surface area contributed by atoms with E-state index in [1.54, 1.807) is 6.20 Å². The Morgan fingerprint density at radius 1 is 1.62 bits per heavy atom. The quantitative estimate of drug-likeness (QED) is 0.757. The van der Waals surface area contributed by atoms with Crippen molar-refractivity contribution in [3.8, 4) is 0 Å². The van der Waals surface area contributed by atoms with Crippen LogP contribution in [0.1, 0.15) is 6.42 Å². The molecule has 2 rings (SSSR count). The Hall–Kier alpha value is -0.610. The molecule has 1 N–H and O–H groups in total. The predicted octanol–water partition coefficient (Wildman–Crippen LogP) is 1.42. The van der Waals surface area contributed by atoms with E-state index in [-0.39, 0.29) is 6.10 Å². The van der Waals surface area contributed by atoms with Crippen molar-refractivity contribution >= 4 is 21.6 Å². The number of rotatable bonds is 1. The van der Waals surface area contributed by atoms with Crippen LogP contribution in [-0.4, -0.2) is 29.3 Å². The topological polar surface area (TPSA) is 36.4 Å². The van der Waals surface area contributed by atoms with Gasteiger partial charge >= 0.3 is 0 Å². The number of pyridine rings is 1. The molecule has 0 amide bonds. The summed E-state index contributed by atoms with van der Waals surface area (Å²) >= 11 is 3.32. The molecule has 0 aromatic carbocycles.